The molecule has 0 bridgehead atoms. The average Bonchev–Trinajstić information content (AvgIpc) is 2.20. The molecule has 0 saturated carbocycles. The van der Waals surface area contributed by atoms with Crippen LogP contribution in [0.2, 0.25) is 0 Å². The minimum atomic E-state index is -0.762. The first kappa shape index (κ1) is 10.3. The van der Waals surface area contributed by atoms with Crippen molar-refractivity contribution in [2.24, 2.45) is 0 Å². The molecule has 0 unspecified atom stereocenters. The van der Waals surface area contributed by atoms with Crippen LogP contribution < -0.4 is 0 Å². The van der Waals surface area contributed by atoms with E-state index in [0.29, 0.717) is 0 Å². The molecule has 2 heterocycles. The van der Waals surface area contributed by atoms with Gasteiger partial charge >= 0.3 is 0 Å². The van der Waals surface area contributed by atoms with Gasteiger partial charge in [-0.1, -0.05) is 0 Å². The molecule has 0 spiro atoms. The summed E-state index contributed by atoms with van der Waals surface area (Å²) in [5.74, 6) is 0. The van der Waals surface area contributed by atoms with Crippen molar-refractivity contribution in [3.8, 4) is 0 Å². The highest BCUT2D eigenvalue weighted by atomic mass is 16.7. The summed E-state index contributed by atoms with van der Waals surface area (Å²) in [6.45, 7) is 0.653. The van der Waals surface area contributed by atoms with Crippen LogP contribution in [0.25, 0.3) is 0 Å². The molecular formula is C8H14O6. The molecule has 0 amide bonds. The van der Waals surface area contributed by atoms with Crippen molar-refractivity contribution in [1.82, 2.24) is 0 Å². The van der Waals surface area contributed by atoms with Gasteiger partial charge in [-0.15, -0.1) is 0 Å². The lowest BCUT2D eigenvalue weighted by molar-refractivity contribution is -0.277. The summed E-state index contributed by atoms with van der Waals surface area (Å²) in [7, 11) is 0. The number of aliphatic hydroxyl groups excluding tert-OH is 2. The minimum absolute atomic E-state index is 0.120. The third-order valence-corrected chi connectivity index (χ3v) is 2.35. The molecule has 2 rings (SSSR count). The van der Waals surface area contributed by atoms with Crippen LogP contribution in [0.15, 0.2) is 0 Å². The molecule has 2 N–H and O–H groups in total. The molecule has 4 atom stereocenters. The van der Waals surface area contributed by atoms with Crippen LogP contribution in [-0.2, 0) is 18.9 Å². The molecule has 0 aromatic heterocycles. The van der Waals surface area contributed by atoms with Gasteiger partial charge in [0.05, 0.1) is 13.2 Å². The van der Waals surface area contributed by atoms with Crippen LogP contribution in [0.1, 0.15) is 0 Å². The molecule has 2 aliphatic heterocycles. The quantitative estimate of drug-likeness (QED) is 0.541. The standard InChI is InChI=1S/C8H14O6/c9-5-1-11-3-13-7(5)8-6(10)2-12-4-14-8/h5-10H,1-4H2/t5-,6-,7-,8-/m1/s1. The Morgan fingerprint density at radius 1 is 0.786 bits per heavy atom. The molecule has 82 valence electrons. The first-order valence-electron chi connectivity index (χ1n) is 4.54. The van der Waals surface area contributed by atoms with Crippen LogP contribution in [0.5, 0.6) is 0 Å². The Balaban J connectivity index is 1.96. The molecule has 0 radical (unpaired) electrons. The molecule has 0 aromatic rings. The Morgan fingerprint density at radius 2 is 1.21 bits per heavy atom. The number of rotatable bonds is 1. The average molecular weight is 206 g/mol. The van der Waals surface area contributed by atoms with Gasteiger partial charge in [0.15, 0.2) is 0 Å². The zero-order valence-corrected chi connectivity index (χ0v) is 7.67. The summed E-state index contributed by atoms with van der Waals surface area (Å²) in [5.41, 5.74) is 0. The summed E-state index contributed by atoms with van der Waals surface area (Å²) in [5, 5.41) is 19.1. The number of ether oxygens (including phenoxy) is 4. The third kappa shape index (κ3) is 2.05. The van der Waals surface area contributed by atoms with Gasteiger partial charge in [0.1, 0.15) is 38.0 Å². The Morgan fingerprint density at radius 3 is 1.57 bits per heavy atom. The van der Waals surface area contributed by atoms with Gasteiger partial charge < -0.3 is 29.2 Å². The van der Waals surface area contributed by atoms with Gasteiger partial charge in [0, 0.05) is 0 Å². The highest BCUT2D eigenvalue weighted by Crippen LogP contribution is 2.19. The largest absolute Gasteiger partial charge is 0.388 e. The van der Waals surface area contributed by atoms with Gasteiger partial charge in [0.25, 0.3) is 0 Å². The van der Waals surface area contributed by atoms with Crippen LogP contribution in [-0.4, -0.2) is 61.4 Å². The number of hydrogen-bond acceptors (Lipinski definition) is 6. The van der Waals surface area contributed by atoms with Crippen molar-refractivity contribution < 1.29 is 29.2 Å². The molecular weight excluding hydrogens is 192 g/mol. The van der Waals surface area contributed by atoms with E-state index in [2.05, 4.69) is 0 Å². The Bertz CT molecular complexity index is 167. The highest BCUT2D eigenvalue weighted by molar-refractivity contribution is 4.85. The summed E-state index contributed by atoms with van der Waals surface area (Å²) in [6, 6.07) is 0. The van der Waals surface area contributed by atoms with E-state index in [9.17, 15) is 10.2 Å². The van der Waals surface area contributed by atoms with Gasteiger partial charge in [-0.25, -0.2) is 0 Å². The maximum absolute atomic E-state index is 9.56. The fourth-order valence-electron chi connectivity index (χ4n) is 1.63. The SMILES string of the molecule is O[C@@H]1COCO[C@H]1[C@@H]1OCOC[C@H]1O. The van der Waals surface area contributed by atoms with E-state index in [1.807, 2.05) is 0 Å². The molecule has 6 nitrogen and oxygen atoms in total. The lowest BCUT2D eigenvalue weighted by Crippen LogP contribution is -2.55. The second kappa shape index (κ2) is 4.52. The molecule has 2 aliphatic rings. The Labute approximate surface area is 81.3 Å². The third-order valence-electron chi connectivity index (χ3n) is 2.35. The van der Waals surface area contributed by atoms with Crippen molar-refractivity contribution in [3.63, 3.8) is 0 Å². The molecule has 14 heavy (non-hydrogen) atoms. The second-order valence-electron chi connectivity index (χ2n) is 3.37. The second-order valence-corrected chi connectivity index (χ2v) is 3.37. The minimum Gasteiger partial charge on any atom is -0.388 e. The lowest BCUT2D eigenvalue weighted by Gasteiger charge is -2.38. The normalized spacial score (nSPS) is 45.0. The van der Waals surface area contributed by atoms with E-state index in [1.54, 1.807) is 0 Å². The maximum Gasteiger partial charge on any atom is 0.147 e. The predicted octanol–water partition coefficient (Wildman–Crippen LogP) is -1.55. The topological polar surface area (TPSA) is 77.4 Å². The van der Waals surface area contributed by atoms with E-state index >= 15 is 0 Å². The van der Waals surface area contributed by atoms with Gasteiger partial charge in [-0.05, 0) is 0 Å². The zero-order chi connectivity index (χ0) is 9.97. The van der Waals surface area contributed by atoms with Crippen LogP contribution in [0.4, 0.5) is 0 Å². The number of aliphatic hydroxyl groups is 2. The van der Waals surface area contributed by atoms with Crippen molar-refractivity contribution in [2.75, 3.05) is 26.8 Å². The van der Waals surface area contributed by atoms with Crippen molar-refractivity contribution in [2.45, 2.75) is 24.4 Å². The Kier molecular flexibility index (Phi) is 3.32. The predicted molar refractivity (Wildman–Crippen MR) is 43.4 cm³/mol. The first-order chi connectivity index (χ1) is 6.79. The van der Waals surface area contributed by atoms with Gasteiger partial charge in [0.2, 0.25) is 0 Å². The van der Waals surface area contributed by atoms with Gasteiger partial charge in [-0.2, -0.15) is 0 Å². The van der Waals surface area contributed by atoms with Crippen molar-refractivity contribution >= 4 is 0 Å². The van der Waals surface area contributed by atoms with Crippen molar-refractivity contribution in [1.29, 1.82) is 0 Å². The zero-order valence-electron chi connectivity index (χ0n) is 7.67. The van der Waals surface area contributed by atoms with E-state index < -0.39 is 24.4 Å². The van der Waals surface area contributed by atoms with Gasteiger partial charge in [-0.3, -0.25) is 0 Å². The summed E-state index contributed by atoms with van der Waals surface area (Å²) >= 11 is 0. The monoisotopic (exact) mass is 206 g/mol. The summed E-state index contributed by atoms with van der Waals surface area (Å²) in [4.78, 5) is 0. The highest BCUT2D eigenvalue weighted by Gasteiger charge is 2.39. The van der Waals surface area contributed by atoms with Crippen LogP contribution in [0, 0.1) is 0 Å². The fraction of sp³-hybridized carbons (Fsp3) is 1.00. The van der Waals surface area contributed by atoms with Crippen molar-refractivity contribution in [3.05, 3.63) is 0 Å². The molecule has 2 saturated heterocycles. The first-order valence-corrected chi connectivity index (χ1v) is 4.54. The molecule has 2 fully saturated rings. The maximum atomic E-state index is 9.56. The van der Waals surface area contributed by atoms with E-state index in [1.165, 1.54) is 0 Å². The lowest BCUT2D eigenvalue weighted by atomic mass is 10.0. The molecule has 0 aliphatic carbocycles. The van der Waals surface area contributed by atoms with E-state index in [4.69, 9.17) is 18.9 Å². The summed E-state index contributed by atoms with van der Waals surface area (Å²) in [6.07, 6.45) is -2.60. The number of hydrogen-bond donors (Lipinski definition) is 2. The molecule has 6 heteroatoms. The molecule has 0 aromatic carbocycles. The van der Waals surface area contributed by atoms with Crippen LogP contribution >= 0.6 is 0 Å². The smallest absolute Gasteiger partial charge is 0.147 e. The van der Waals surface area contributed by atoms with Crippen LogP contribution in [0.3, 0.4) is 0 Å². The summed E-state index contributed by atoms with van der Waals surface area (Å²) < 4.78 is 20.2. The fourth-order valence-corrected chi connectivity index (χ4v) is 1.63. The van der Waals surface area contributed by atoms with E-state index in [-0.39, 0.29) is 26.8 Å². The van der Waals surface area contributed by atoms with E-state index in [0.717, 1.165) is 0 Å². The Hall–Kier alpha value is -0.240.